The molecule has 2 aliphatic rings. The van der Waals surface area contributed by atoms with Gasteiger partial charge in [-0.3, -0.25) is 4.98 Å². The molecule has 1 aromatic heterocycles. The first-order chi connectivity index (χ1) is 18.4. The molecule has 1 saturated heterocycles. The lowest BCUT2D eigenvalue weighted by atomic mass is 9.74. The van der Waals surface area contributed by atoms with E-state index in [1.54, 1.807) is 0 Å². The molecule has 0 amide bonds. The number of halogens is 6. The van der Waals surface area contributed by atoms with E-state index in [0.717, 1.165) is 39.8 Å². The smallest absolute Gasteiger partial charge is 0.310 e. The van der Waals surface area contributed by atoms with Gasteiger partial charge >= 0.3 is 10.2 Å². The van der Waals surface area contributed by atoms with Crippen molar-refractivity contribution in [3.8, 4) is 0 Å². The predicted octanol–water partition coefficient (Wildman–Crippen LogP) is 10.4. The first-order valence-electron chi connectivity index (χ1n) is 13.9. The van der Waals surface area contributed by atoms with Crippen LogP contribution in [0.3, 0.4) is 0 Å². The van der Waals surface area contributed by atoms with E-state index in [4.69, 9.17) is 14.1 Å². The Kier molecular flexibility index (Phi) is 8.16. The first kappa shape index (κ1) is 33.1. The molecule has 41 heavy (non-hydrogen) atoms. The van der Waals surface area contributed by atoms with Crippen LogP contribution in [0.15, 0.2) is 29.2 Å². The Labute approximate surface area is 254 Å². The zero-order chi connectivity index (χ0) is 30.9. The number of hydrogen-bond donors (Lipinski definition) is 1. The molecule has 2 heterocycles. The van der Waals surface area contributed by atoms with Gasteiger partial charge in [-0.2, -0.15) is 0 Å². The summed E-state index contributed by atoms with van der Waals surface area (Å²) in [7, 11) is -12.1. The van der Waals surface area contributed by atoms with Crippen molar-refractivity contribution in [3.05, 3.63) is 55.9 Å². The van der Waals surface area contributed by atoms with Crippen LogP contribution in [0.25, 0.3) is 0 Å². The quantitative estimate of drug-likeness (QED) is 0.183. The number of pyridine rings is 1. The van der Waals surface area contributed by atoms with Crippen LogP contribution in [0.4, 0.5) is 19.4 Å². The molecule has 12 heteroatoms. The highest BCUT2D eigenvalue weighted by molar-refractivity contribution is 14.1. The second kappa shape index (κ2) is 10.1. The van der Waals surface area contributed by atoms with E-state index in [1.165, 1.54) is 0 Å². The number of nitrogens with zero attached hydrogens (tertiary/aromatic N) is 1. The van der Waals surface area contributed by atoms with Gasteiger partial charge in [-0.25, -0.2) is 0 Å². The van der Waals surface area contributed by atoms with E-state index < -0.39 is 29.5 Å². The third-order valence-electron chi connectivity index (χ3n) is 8.79. The third-order valence-corrected chi connectivity index (χ3v) is 15.6. The minimum absolute atomic E-state index is 0.0130. The summed E-state index contributed by atoms with van der Waals surface area (Å²) in [6.45, 7) is 16.4. The number of aliphatic hydroxyl groups is 1. The standard InChI is InChI=1S/C29H41F5INO3SSi/c1-28(2,3)41(6,7)39-22-17-29(4,5)16-21-23(22)25(35)24(26(36-21)18-12-14-38-15-13-18)27(37)19-8-10-20(11-9-19)40(30,31,32,33)34/h8-11,18,22,27,37H,12-17H2,1-7H3/t22-,27-/m0/s1. The van der Waals surface area contributed by atoms with E-state index in [0.29, 0.717) is 49.4 Å². The van der Waals surface area contributed by atoms with Gasteiger partial charge < -0.3 is 14.3 Å². The zero-order valence-corrected chi connectivity index (χ0v) is 28.6. The van der Waals surface area contributed by atoms with E-state index in [9.17, 15) is 24.5 Å². The summed E-state index contributed by atoms with van der Waals surface area (Å²) in [5.74, 6) is -0.0130. The maximum Gasteiger partial charge on any atom is 0.310 e. The zero-order valence-electron chi connectivity index (χ0n) is 24.7. The second-order valence-electron chi connectivity index (χ2n) is 13.8. The molecule has 1 aliphatic heterocycles. The van der Waals surface area contributed by atoms with Crippen molar-refractivity contribution in [2.75, 3.05) is 13.2 Å². The van der Waals surface area contributed by atoms with Crippen molar-refractivity contribution in [2.24, 2.45) is 5.41 Å². The van der Waals surface area contributed by atoms with Crippen LogP contribution in [0.5, 0.6) is 0 Å². The molecular formula is C29H41F5INO3SSi. The summed E-state index contributed by atoms with van der Waals surface area (Å²) in [5, 5.41) is 11.7. The Bertz CT molecular complexity index is 1310. The van der Waals surface area contributed by atoms with E-state index in [-0.39, 0.29) is 28.0 Å². The number of hydrogen-bond acceptors (Lipinski definition) is 4. The number of ether oxygens (including phenoxy) is 1. The van der Waals surface area contributed by atoms with Gasteiger partial charge in [-0.15, -0.1) is 0 Å². The Morgan fingerprint density at radius 1 is 1.07 bits per heavy atom. The second-order valence-corrected chi connectivity index (χ2v) is 22.1. The highest BCUT2D eigenvalue weighted by Gasteiger charge is 2.65. The maximum atomic E-state index is 13.4. The molecule has 1 aliphatic carbocycles. The molecule has 1 N–H and O–H groups in total. The lowest BCUT2D eigenvalue weighted by Gasteiger charge is -2.45. The van der Waals surface area contributed by atoms with Crippen molar-refractivity contribution >= 4 is 41.1 Å². The van der Waals surface area contributed by atoms with Gasteiger partial charge in [0.2, 0.25) is 0 Å². The van der Waals surface area contributed by atoms with Crippen LogP contribution in [0.1, 0.15) is 100 Å². The normalized spacial score (nSPS) is 22.9. The van der Waals surface area contributed by atoms with Gasteiger partial charge in [0.1, 0.15) is 11.0 Å². The minimum Gasteiger partial charge on any atom is -0.410 e. The molecule has 1 aromatic carbocycles. The molecule has 4 nitrogen and oxygen atoms in total. The van der Waals surface area contributed by atoms with Crippen molar-refractivity contribution in [1.82, 2.24) is 4.98 Å². The molecule has 0 radical (unpaired) electrons. The fourth-order valence-corrected chi connectivity index (χ4v) is 8.64. The lowest BCUT2D eigenvalue weighted by molar-refractivity contribution is 0.0827. The van der Waals surface area contributed by atoms with Crippen molar-refractivity contribution in [3.63, 3.8) is 0 Å². The van der Waals surface area contributed by atoms with Gasteiger partial charge in [0.15, 0.2) is 8.32 Å². The maximum absolute atomic E-state index is 13.4. The molecule has 2 aromatic rings. The number of aliphatic hydroxyl groups excluding tert-OH is 1. The molecule has 2 atom stereocenters. The molecule has 0 saturated carbocycles. The summed E-state index contributed by atoms with van der Waals surface area (Å²) in [6.07, 6.45) is 1.25. The summed E-state index contributed by atoms with van der Waals surface area (Å²) in [4.78, 5) is 3.20. The molecule has 0 spiro atoms. The van der Waals surface area contributed by atoms with Crippen molar-refractivity contribution in [2.45, 2.75) is 101 Å². The van der Waals surface area contributed by atoms with Gasteiger partial charge in [0.05, 0.1) is 11.8 Å². The summed E-state index contributed by atoms with van der Waals surface area (Å²) >= 11 is 2.22. The topological polar surface area (TPSA) is 51.6 Å². The van der Waals surface area contributed by atoms with Crippen molar-refractivity contribution < 1.29 is 33.7 Å². The first-order valence-corrected chi connectivity index (χ1v) is 19.8. The third kappa shape index (κ3) is 7.13. The minimum atomic E-state index is -9.84. The SMILES string of the molecule is CC1(C)Cc2nc(C3CCOCC3)c([C@@H](O)c3ccc(S(F)(F)(F)(F)F)cc3)c(I)c2[C@@H](O[Si](C)(C)C(C)(C)C)C1. The number of rotatable bonds is 6. The van der Waals surface area contributed by atoms with E-state index >= 15 is 0 Å². The average Bonchev–Trinajstić information content (AvgIpc) is 2.80. The fraction of sp³-hybridized carbons (Fsp3) is 0.621. The Hall–Kier alpha value is -0.803. The average molecular weight is 734 g/mol. The van der Waals surface area contributed by atoms with Gasteiger partial charge in [0.25, 0.3) is 0 Å². The van der Waals surface area contributed by atoms with Crippen LogP contribution in [-0.4, -0.2) is 31.6 Å². The predicted molar refractivity (Wildman–Crippen MR) is 165 cm³/mol. The Balaban J connectivity index is 1.89. The molecule has 0 unspecified atom stereocenters. The van der Waals surface area contributed by atoms with Gasteiger partial charge in [0, 0.05) is 39.5 Å². The number of fused-ring (bicyclic) bond motifs is 1. The van der Waals surface area contributed by atoms with Crippen molar-refractivity contribution in [1.29, 1.82) is 0 Å². The largest absolute Gasteiger partial charge is 0.410 e. The summed E-state index contributed by atoms with van der Waals surface area (Å²) in [5.41, 5.74) is 3.07. The molecule has 0 bridgehead atoms. The summed E-state index contributed by atoms with van der Waals surface area (Å²) < 4.78 is 80.3. The van der Waals surface area contributed by atoms with Crippen LogP contribution >= 0.6 is 32.8 Å². The number of aromatic nitrogens is 1. The lowest BCUT2D eigenvalue weighted by Crippen LogP contribution is -2.44. The molecule has 4 rings (SSSR count). The highest BCUT2D eigenvalue weighted by atomic mass is 127. The fourth-order valence-electron chi connectivity index (χ4n) is 5.49. The molecular weight excluding hydrogens is 692 g/mol. The number of benzene rings is 1. The molecule has 1 fully saturated rings. The van der Waals surface area contributed by atoms with Crippen LogP contribution < -0.4 is 0 Å². The summed E-state index contributed by atoms with van der Waals surface area (Å²) in [6, 6.07) is 2.60. The monoisotopic (exact) mass is 733 g/mol. The Morgan fingerprint density at radius 2 is 1.63 bits per heavy atom. The van der Waals surface area contributed by atoms with E-state index in [1.807, 2.05) is 0 Å². The van der Waals surface area contributed by atoms with Gasteiger partial charge in [-0.1, -0.05) is 66.2 Å². The van der Waals surface area contributed by atoms with Crippen LogP contribution in [0.2, 0.25) is 18.1 Å². The molecule has 232 valence electrons. The van der Waals surface area contributed by atoms with Crippen LogP contribution in [0, 0.1) is 8.99 Å². The van der Waals surface area contributed by atoms with E-state index in [2.05, 4.69) is 70.3 Å². The highest BCUT2D eigenvalue weighted by Crippen LogP contribution is 3.02. The Morgan fingerprint density at radius 3 is 2.15 bits per heavy atom. The van der Waals surface area contributed by atoms with Crippen LogP contribution in [-0.2, 0) is 15.6 Å². The van der Waals surface area contributed by atoms with Gasteiger partial charge in [-0.05, 0) is 89.5 Å².